The SMILES string of the molecule is CCC(C)OC(=O)CC1C(=O)NCCN1C(=S)NC(=O)c1ccccc1. The average molecular weight is 377 g/mol. The average Bonchev–Trinajstić information content (AvgIpc) is 2.63. The molecule has 140 valence electrons. The molecule has 1 aromatic carbocycles. The minimum absolute atomic E-state index is 0.120. The second-order valence-corrected chi connectivity index (χ2v) is 6.43. The summed E-state index contributed by atoms with van der Waals surface area (Å²) >= 11 is 5.31. The topological polar surface area (TPSA) is 87.7 Å². The Bertz CT molecular complexity index is 680. The maximum atomic E-state index is 12.3. The maximum absolute atomic E-state index is 12.3. The predicted molar refractivity (Wildman–Crippen MR) is 100 cm³/mol. The number of nitrogens with zero attached hydrogens (tertiary/aromatic N) is 1. The van der Waals surface area contributed by atoms with Crippen LogP contribution in [0.3, 0.4) is 0 Å². The molecule has 2 N–H and O–H groups in total. The van der Waals surface area contributed by atoms with Crippen molar-refractivity contribution in [1.29, 1.82) is 0 Å². The van der Waals surface area contributed by atoms with E-state index in [-0.39, 0.29) is 29.5 Å². The number of esters is 1. The molecule has 2 amide bonds. The van der Waals surface area contributed by atoms with Crippen molar-refractivity contribution in [3.63, 3.8) is 0 Å². The Morgan fingerprint density at radius 2 is 2.08 bits per heavy atom. The van der Waals surface area contributed by atoms with Gasteiger partial charge in [-0.15, -0.1) is 0 Å². The van der Waals surface area contributed by atoms with E-state index in [0.717, 1.165) is 0 Å². The van der Waals surface area contributed by atoms with E-state index in [9.17, 15) is 14.4 Å². The monoisotopic (exact) mass is 377 g/mol. The highest BCUT2D eigenvalue weighted by atomic mass is 32.1. The summed E-state index contributed by atoms with van der Waals surface area (Å²) in [6.07, 6.45) is 0.349. The van der Waals surface area contributed by atoms with Crippen molar-refractivity contribution < 1.29 is 19.1 Å². The highest BCUT2D eigenvalue weighted by molar-refractivity contribution is 7.80. The first kappa shape index (κ1) is 19.8. The molecule has 0 aromatic heterocycles. The number of nitrogens with one attached hydrogen (secondary N) is 2. The van der Waals surface area contributed by atoms with Gasteiger partial charge < -0.3 is 15.0 Å². The first-order valence-corrected chi connectivity index (χ1v) is 8.97. The number of hydrogen-bond acceptors (Lipinski definition) is 5. The van der Waals surface area contributed by atoms with Crippen LogP contribution in [-0.4, -0.2) is 53.0 Å². The smallest absolute Gasteiger partial charge is 0.308 e. The van der Waals surface area contributed by atoms with Crippen molar-refractivity contribution in [2.24, 2.45) is 0 Å². The lowest BCUT2D eigenvalue weighted by Crippen LogP contribution is -2.60. The van der Waals surface area contributed by atoms with E-state index in [2.05, 4.69) is 10.6 Å². The summed E-state index contributed by atoms with van der Waals surface area (Å²) in [4.78, 5) is 38.1. The van der Waals surface area contributed by atoms with E-state index in [1.54, 1.807) is 36.1 Å². The number of hydrogen-bond donors (Lipinski definition) is 2. The number of thiocarbonyl (C=S) groups is 1. The zero-order valence-corrected chi connectivity index (χ0v) is 15.7. The fourth-order valence-corrected chi connectivity index (χ4v) is 2.82. The van der Waals surface area contributed by atoms with Crippen LogP contribution in [0, 0.1) is 0 Å². The first-order chi connectivity index (χ1) is 12.4. The number of piperazine rings is 1. The third-order valence-corrected chi connectivity index (χ3v) is 4.45. The Hall–Kier alpha value is -2.48. The van der Waals surface area contributed by atoms with Crippen molar-refractivity contribution in [1.82, 2.24) is 15.5 Å². The number of ether oxygens (including phenoxy) is 1. The van der Waals surface area contributed by atoms with Gasteiger partial charge in [-0.2, -0.15) is 0 Å². The lowest BCUT2D eigenvalue weighted by Gasteiger charge is -2.36. The summed E-state index contributed by atoms with van der Waals surface area (Å²) in [5.41, 5.74) is 0.462. The van der Waals surface area contributed by atoms with Gasteiger partial charge in [0.25, 0.3) is 5.91 Å². The summed E-state index contributed by atoms with van der Waals surface area (Å²) in [6.45, 7) is 4.49. The molecule has 1 aliphatic rings. The molecule has 0 saturated carbocycles. The molecule has 1 aliphatic heterocycles. The van der Waals surface area contributed by atoms with Gasteiger partial charge >= 0.3 is 5.97 Å². The number of amides is 2. The van der Waals surface area contributed by atoms with Crippen LogP contribution in [0.2, 0.25) is 0 Å². The van der Waals surface area contributed by atoms with Crippen molar-refractivity contribution in [3.05, 3.63) is 35.9 Å². The molecule has 2 rings (SSSR count). The number of benzene rings is 1. The van der Waals surface area contributed by atoms with E-state index in [4.69, 9.17) is 17.0 Å². The molecule has 7 nitrogen and oxygen atoms in total. The van der Waals surface area contributed by atoms with Gasteiger partial charge in [-0.05, 0) is 37.7 Å². The second kappa shape index (κ2) is 9.28. The minimum atomic E-state index is -0.802. The lowest BCUT2D eigenvalue weighted by molar-refractivity contribution is -0.151. The Morgan fingerprint density at radius 3 is 2.73 bits per heavy atom. The second-order valence-electron chi connectivity index (χ2n) is 6.04. The molecule has 1 aromatic rings. The maximum Gasteiger partial charge on any atom is 0.308 e. The molecule has 26 heavy (non-hydrogen) atoms. The summed E-state index contributed by atoms with van der Waals surface area (Å²) in [7, 11) is 0. The summed E-state index contributed by atoms with van der Waals surface area (Å²) in [5, 5.41) is 5.46. The van der Waals surface area contributed by atoms with Gasteiger partial charge in [0, 0.05) is 18.7 Å². The fourth-order valence-electron chi connectivity index (χ4n) is 2.51. The molecule has 1 saturated heterocycles. The van der Waals surface area contributed by atoms with Gasteiger partial charge in [0.05, 0.1) is 12.5 Å². The van der Waals surface area contributed by atoms with E-state index in [0.29, 0.717) is 25.1 Å². The normalized spacial score (nSPS) is 17.8. The van der Waals surface area contributed by atoms with E-state index < -0.39 is 12.0 Å². The molecule has 0 aliphatic carbocycles. The predicted octanol–water partition coefficient (Wildman–Crippen LogP) is 1.23. The highest BCUT2D eigenvalue weighted by Gasteiger charge is 2.34. The zero-order valence-electron chi connectivity index (χ0n) is 14.9. The van der Waals surface area contributed by atoms with Crippen LogP contribution >= 0.6 is 12.2 Å². The van der Waals surface area contributed by atoms with Crippen molar-refractivity contribution in [3.8, 4) is 0 Å². The van der Waals surface area contributed by atoms with Crippen LogP contribution < -0.4 is 10.6 Å². The van der Waals surface area contributed by atoms with Crippen LogP contribution in [0.1, 0.15) is 37.0 Å². The number of rotatable bonds is 5. The summed E-state index contributed by atoms with van der Waals surface area (Å²) in [5.74, 6) is -1.14. The molecular formula is C18H23N3O4S. The minimum Gasteiger partial charge on any atom is -0.463 e. The van der Waals surface area contributed by atoms with Crippen LogP contribution in [-0.2, 0) is 14.3 Å². The molecule has 0 spiro atoms. The van der Waals surface area contributed by atoms with Gasteiger partial charge in [0.2, 0.25) is 5.91 Å². The van der Waals surface area contributed by atoms with Crippen molar-refractivity contribution in [2.75, 3.05) is 13.1 Å². The molecule has 1 fully saturated rings. The van der Waals surface area contributed by atoms with E-state index >= 15 is 0 Å². The molecule has 0 bridgehead atoms. The third kappa shape index (κ3) is 5.26. The van der Waals surface area contributed by atoms with Gasteiger partial charge in [-0.25, -0.2) is 0 Å². The zero-order chi connectivity index (χ0) is 19.1. The van der Waals surface area contributed by atoms with Crippen LogP contribution in [0.5, 0.6) is 0 Å². The molecular weight excluding hydrogens is 354 g/mol. The lowest BCUT2D eigenvalue weighted by atomic mass is 10.1. The van der Waals surface area contributed by atoms with Gasteiger partial charge in [-0.1, -0.05) is 25.1 Å². The molecule has 0 radical (unpaired) electrons. The fraction of sp³-hybridized carbons (Fsp3) is 0.444. The standard InChI is InChI=1S/C18H23N3O4S/c1-3-12(2)25-15(22)11-14-17(24)19-9-10-21(14)18(26)20-16(23)13-7-5-4-6-8-13/h4-8,12,14H,3,9-11H2,1-2H3,(H,19,24)(H,20,23,26). The number of carbonyl (C=O) groups excluding carboxylic acids is 3. The van der Waals surface area contributed by atoms with Crippen molar-refractivity contribution in [2.45, 2.75) is 38.8 Å². The first-order valence-electron chi connectivity index (χ1n) is 8.56. The van der Waals surface area contributed by atoms with Gasteiger partial charge in [-0.3, -0.25) is 19.7 Å². The summed E-state index contributed by atoms with van der Waals surface area (Å²) in [6, 6.07) is 7.84. The highest BCUT2D eigenvalue weighted by Crippen LogP contribution is 2.12. The Morgan fingerprint density at radius 1 is 1.38 bits per heavy atom. The largest absolute Gasteiger partial charge is 0.463 e. The van der Waals surface area contributed by atoms with Crippen LogP contribution in [0.15, 0.2) is 30.3 Å². The van der Waals surface area contributed by atoms with E-state index in [1.165, 1.54) is 0 Å². The molecule has 1 heterocycles. The molecule has 8 heteroatoms. The third-order valence-electron chi connectivity index (χ3n) is 4.12. The Balaban J connectivity index is 2.04. The number of carbonyl (C=O) groups is 3. The van der Waals surface area contributed by atoms with E-state index in [1.807, 2.05) is 13.0 Å². The quantitative estimate of drug-likeness (QED) is 0.593. The molecule has 2 atom stereocenters. The van der Waals surface area contributed by atoms with Crippen molar-refractivity contribution >= 4 is 35.1 Å². The van der Waals surface area contributed by atoms with Gasteiger partial charge in [0.1, 0.15) is 6.04 Å². The summed E-state index contributed by atoms with van der Waals surface area (Å²) < 4.78 is 5.25. The van der Waals surface area contributed by atoms with Crippen LogP contribution in [0.4, 0.5) is 0 Å². The van der Waals surface area contributed by atoms with Gasteiger partial charge in [0.15, 0.2) is 5.11 Å². The Labute approximate surface area is 158 Å². The molecule has 2 unspecified atom stereocenters. The van der Waals surface area contributed by atoms with Crippen LogP contribution in [0.25, 0.3) is 0 Å². The Kier molecular flexibility index (Phi) is 7.08.